The first-order valence-corrected chi connectivity index (χ1v) is 7.65. The van der Waals surface area contributed by atoms with Gasteiger partial charge in [0.05, 0.1) is 17.3 Å². The average molecular weight is 328 g/mol. The first-order chi connectivity index (χ1) is 11.1. The number of ether oxygens (including phenoxy) is 1. The lowest BCUT2D eigenvalue weighted by molar-refractivity contribution is -0.111. The summed E-state index contributed by atoms with van der Waals surface area (Å²) < 4.78 is 18.9. The molecule has 0 saturated heterocycles. The molecule has 0 aliphatic carbocycles. The summed E-state index contributed by atoms with van der Waals surface area (Å²) in [6.07, 6.45) is 3.00. The molecule has 4 nitrogen and oxygen atoms in total. The van der Waals surface area contributed by atoms with Gasteiger partial charge < -0.3 is 4.74 Å². The van der Waals surface area contributed by atoms with Gasteiger partial charge in [0.1, 0.15) is 11.6 Å². The number of carbonyl (C=O) groups excluding carboxylic acids is 1. The number of hydrogen-bond acceptors (Lipinski definition) is 4. The summed E-state index contributed by atoms with van der Waals surface area (Å²) in [5, 5.41) is 3.23. The maximum absolute atomic E-state index is 12.8. The molecule has 3 rings (SSSR count). The van der Waals surface area contributed by atoms with Gasteiger partial charge in [-0.2, -0.15) is 0 Å². The molecule has 0 fully saturated rings. The van der Waals surface area contributed by atoms with E-state index in [0.717, 1.165) is 21.5 Å². The lowest BCUT2D eigenvalue weighted by Gasteiger charge is -1.96. The van der Waals surface area contributed by atoms with Crippen molar-refractivity contribution in [1.29, 1.82) is 0 Å². The Hall–Kier alpha value is -2.73. The molecule has 1 heterocycles. The predicted octanol–water partition coefficient (Wildman–Crippen LogP) is 4.10. The van der Waals surface area contributed by atoms with E-state index in [2.05, 4.69) is 10.3 Å². The van der Waals surface area contributed by atoms with Crippen LogP contribution in [0.15, 0.2) is 48.5 Å². The van der Waals surface area contributed by atoms with Gasteiger partial charge in [-0.1, -0.05) is 23.5 Å². The van der Waals surface area contributed by atoms with Crippen LogP contribution in [0, 0.1) is 5.82 Å². The molecule has 1 aromatic heterocycles. The van der Waals surface area contributed by atoms with Gasteiger partial charge in [-0.3, -0.25) is 10.1 Å². The molecule has 0 saturated carbocycles. The fourth-order valence-corrected chi connectivity index (χ4v) is 2.83. The number of nitrogens with zero attached hydrogens (tertiary/aromatic N) is 1. The molecule has 0 atom stereocenters. The zero-order valence-corrected chi connectivity index (χ0v) is 13.1. The quantitative estimate of drug-likeness (QED) is 0.734. The highest BCUT2D eigenvalue weighted by atomic mass is 32.1. The molecule has 0 spiro atoms. The zero-order chi connectivity index (χ0) is 16.2. The number of fused-ring (bicyclic) bond motifs is 1. The smallest absolute Gasteiger partial charge is 0.250 e. The molecule has 0 radical (unpaired) electrons. The van der Waals surface area contributed by atoms with Crippen LogP contribution in [-0.4, -0.2) is 18.0 Å². The molecule has 0 bridgehead atoms. The second-order valence-corrected chi connectivity index (χ2v) is 5.76. The van der Waals surface area contributed by atoms with Crippen molar-refractivity contribution in [2.75, 3.05) is 12.4 Å². The van der Waals surface area contributed by atoms with Crippen LogP contribution in [0.25, 0.3) is 16.3 Å². The van der Waals surface area contributed by atoms with Gasteiger partial charge in [-0.15, -0.1) is 0 Å². The second kappa shape index (κ2) is 6.58. The maximum atomic E-state index is 12.8. The van der Waals surface area contributed by atoms with Gasteiger partial charge in [-0.25, -0.2) is 9.37 Å². The number of nitrogens with one attached hydrogen (secondary N) is 1. The van der Waals surface area contributed by atoms with Crippen LogP contribution in [0.3, 0.4) is 0 Å². The Kier molecular flexibility index (Phi) is 4.34. The van der Waals surface area contributed by atoms with E-state index in [1.807, 2.05) is 18.2 Å². The van der Waals surface area contributed by atoms with Crippen molar-refractivity contribution < 1.29 is 13.9 Å². The number of halogens is 1. The summed E-state index contributed by atoms with van der Waals surface area (Å²) in [6, 6.07) is 11.5. The molecule has 1 amide bonds. The molecule has 0 aliphatic heterocycles. The maximum Gasteiger partial charge on any atom is 0.250 e. The van der Waals surface area contributed by atoms with Crippen LogP contribution in [-0.2, 0) is 4.79 Å². The molecule has 6 heteroatoms. The largest absolute Gasteiger partial charge is 0.497 e. The highest BCUT2D eigenvalue weighted by molar-refractivity contribution is 7.22. The number of benzene rings is 2. The van der Waals surface area contributed by atoms with Crippen molar-refractivity contribution in [3.8, 4) is 5.75 Å². The van der Waals surface area contributed by atoms with Crippen LogP contribution >= 0.6 is 11.3 Å². The Bertz CT molecular complexity index is 872. The van der Waals surface area contributed by atoms with E-state index in [1.165, 1.54) is 29.5 Å². The SMILES string of the molecule is COc1ccc2sc(NC(=O)C=Cc3ccc(F)cc3)nc2c1. The van der Waals surface area contributed by atoms with E-state index < -0.39 is 0 Å². The second-order valence-electron chi connectivity index (χ2n) is 4.73. The van der Waals surface area contributed by atoms with Crippen molar-refractivity contribution in [2.45, 2.75) is 0 Å². The highest BCUT2D eigenvalue weighted by Crippen LogP contribution is 2.28. The normalized spacial score (nSPS) is 11.0. The van der Waals surface area contributed by atoms with Gasteiger partial charge in [0, 0.05) is 12.1 Å². The molecule has 0 unspecified atom stereocenters. The Morgan fingerprint density at radius 2 is 2.04 bits per heavy atom. The van der Waals surface area contributed by atoms with Gasteiger partial charge in [0.25, 0.3) is 0 Å². The van der Waals surface area contributed by atoms with Crippen molar-refractivity contribution in [3.63, 3.8) is 0 Å². The minimum Gasteiger partial charge on any atom is -0.497 e. The van der Waals surface area contributed by atoms with Crippen molar-refractivity contribution >= 4 is 38.7 Å². The van der Waals surface area contributed by atoms with Gasteiger partial charge >= 0.3 is 0 Å². The van der Waals surface area contributed by atoms with Crippen molar-refractivity contribution in [2.24, 2.45) is 0 Å². The molecule has 0 aliphatic rings. The number of aromatic nitrogens is 1. The van der Waals surface area contributed by atoms with E-state index in [9.17, 15) is 9.18 Å². The summed E-state index contributed by atoms with van der Waals surface area (Å²) in [4.78, 5) is 16.3. The van der Waals surface area contributed by atoms with Crippen molar-refractivity contribution in [3.05, 3.63) is 59.9 Å². The average Bonchev–Trinajstić information content (AvgIpc) is 2.95. The fourth-order valence-electron chi connectivity index (χ4n) is 1.98. The fraction of sp³-hybridized carbons (Fsp3) is 0.0588. The van der Waals surface area contributed by atoms with Gasteiger partial charge in [0.2, 0.25) is 5.91 Å². The molecule has 3 aromatic rings. The number of rotatable bonds is 4. The molecule has 2 aromatic carbocycles. The number of hydrogen-bond donors (Lipinski definition) is 1. The highest BCUT2D eigenvalue weighted by Gasteiger charge is 2.06. The third-order valence-electron chi connectivity index (χ3n) is 3.12. The lowest BCUT2D eigenvalue weighted by atomic mass is 10.2. The number of amides is 1. The number of methoxy groups -OCH3 is 1. The molecule has 23 heavy (non-hydrogen) atoms. The van der Waals surface area contributed by atoms with E-state index in [0.29, 0.717) is 5.13 Å². The zero-order valence-electron chi connectivity index (χ0n) is 12.2. The minimum atomic E-state index is -0.309. The van der Waals surface area contributed by atoms with Crippen LogP contribution in [0.5, 0.6) is 5.75 Å². The third-order valence-corrected chi connectivity index (χ3v) is 4.07. The Morgan fingerprint density at radius 1 is 1.26 bits per heavy atom. The molecular formula is C17H13FN2O2S. The number of thiazole rings is 1. The Morgan fingerprint density at radius 3 is 2.78 bits per heavy atom. The summed E-state index contributed by atoms with van der Waals surface area (Å²) in [5.74, 6) is 0.119. The molecular weight excluding hydrogens is 315 g/mol. The standard InChI is InChI=1S/C17H13FN2O2S/c1-22-13-7-8-15-14(10-13)19-17(23-15)20-16(21)9-4-11-2-5-12(18)6-3-11/h2-10H,1H3,(H,19,20,21). The number of carbonyl (C=O) groups is 1. The number of anilines is 1. The molecule has 116 valence electrons. The van der Waals surface area contributed by atoms with Crippen LogP contribution in [0.4, 0.5) is 9.52 Å². The van der Waals surface area contributed by atoms with E-state index in [-0.39, 0.29) is 11.7 Å². The summed E-state index contributed by atoms with van der Waals surface area (Å²) in [6.45, 7) is 0. The van der Waals surface area contributed by atoms with E-state index >= 15 is 0 Å². The first-order valence-electron chi connectivity index (χ1n) is 6.83. The van der Waals surface area contributed by atoms with Gasteiger partial charge in [0.15, 0.2) is 5.13 Å². The van der Waals surface area contributed by atoms with Crippen molar-refractivity contribution in [1.82, 2.24) is 4.98 Å². The monoisotopic (exact) mass is 328 g/mol. The van der Waals surface area contributed by atoms with E-state index in [4.69, 9.17) is 4.74 Å². The first kappa shape index (κ1) is 15.2. The topological polar surface area (TPSA) is 51.2 Å². The summed E-state index contributed by atoms with van der Waals surface area (Å²) in [5.41, 5.74) is 1.52. The van der Waals surface area contributed by atoms with E-state index in [1.54, 1.807) is 25.3 Å². The summed E-state index contributed by atoms with van der Waals surface area (Å²) in [7, 11) is 1.59. The lowest BCUT2D eigenvalue weighted by Crippen LogP contribution is -2.07. The van der Waals surface area contributed by atoms with Gasteiger partial charge in [-0.05, 0) is 35.9 Å². The predicted molar refractivity (Wildman–Crippen MR) is 90.2 cm³/mol. The van der Waals surface area contributed by atoms with Crippen LogP contribution < -0.4 is 10.1 Å². The molecule has 1 N–H and O–H groups in total. The minimum absolute atomic E-state index is 0.291. The van der Waals surface area contributed by atoms with Crippen LogP contribution in [0.1, 0.15) is 5.56 Å². The Balaban J connectivity index is 1.71. The Labute approximate surface area is 136 Å². The third kappa shape index (κ3) is 3.73. The van der Waals surface area contributed by atoms with Crippen LogP contribution in [0.2, 0.25) is 0 Å². The summed E-state index contributed by atoms with van der Waals surface area (Å²) >= 11 is 1.39.